The topological polar surface area (TPSA) is 64.5 Å². The molecule has 54 heavy (non-hydrogen) atoms. The molecule has 3 heterocycles. The maximum atomic E-state index is 4.86. The molecule has 5 nitrogen and oxygen atoms in total. The van der Waals surface area contributed by atoms with Crippen LogP contribution in [0.5, 0.6) is 0 Å². The summed E-state index contributed by atoms with van der Waals surface area (Å²) in [5.74, 6) is 1.72. The second-order valence-corrected chi connectivity index (χ2v) is 13.3. The number of benzene rings is 7. The summed E-state index contributed by atoms with van der Waals surface area (Å²) in [6.07, 6.45) is 7.02. The lowest BCUT2D eigenvalue weighted by Crippen LogP contribution is -2.00. The molecule has 0 fully saturated rings. The Morgan fingerprint density at radius 3 is 1.26 bits per heavy atom. The van der Waals surface area contributed by atoms with Crippen LogP contribution in [0.2, 0.25) is 0 Å². The van der Waals surface area contributed by atoms with Crippen molar-refractivity contribution in [3.8, 4) is 67.5 Å². The summed E-state index contributed by atoms with van der Waals surface area (Å²) in [6, 6.07) is 58.0. The molecular weight excluding hydrogens is 659 g/mol. The van der Waals surface area contributed by atoms with Crippen molar-refractivity contribution < 1.29 is 0 Å². The van der Waals surface area contributed by atoms with E-state index < -0.39 is 0 Å². The van der Waals surface area contributed by atoms with Crippen LogP contribution in [0.25, 0.3) is 99.9 Å². The highest BCUT2D eigenvalue weighted by Gasteiger charge is 2.16. The highest BCUT2D eigenvalue weighted by Crippen LogP contribution is 2.43. The third-order valence-corrected chi connectivity index (χ3v) is 10.1. The zero-order valence-electron chi connectivity index (χ0n) is 29.1. The molecule has 0 aliphatic rings. The number of aromatic nitrogens is 5. The van der Waals surface area contributed by atoms with Gasteiger partial charge in [0.05, 0.1) is 0 Å². The quantitative estimate of drug-likeness (QED) is 0.163. The SMILES string of the molecule is c1ccc(-c2cc(-c3ccc(-c4ccc(-c5nc(-c6cccnc6)nc(-c6cccnc6)n5)cc4)cc3)c3c4ccccc4c4ccccc4c3c2)cc1. The second kappa shape index (κ2) is 13.3. The van der Waals surface area contributed by atoms with E-state index >= 15 is 0 Å². The van der Waals surface area contributed by atoms with Crippen LogP contribution in [0.4, 0.5) is 0 Å². The Morgan fingerprint density at radius 2 is 0.704 bits per heavy atom. The molecular formula is C49H31N5. The fourth-order valence-corrected chi connectivity index (χ4v) is 7.47. The van der Waals surface area contributed by atoms with E-state index in [4.69, 9.17) is 15.0 Å². The summed E-state index contributed by atoms with van der Waals surface area (Å²) < 4.78 is 0. The minimum absolute atomic E-state index is 0.566. The smallest absolute Gasteiger partial charge is 0.165 e. The van der Waals surface area contributed by atoms with Crippen molar-refractivity contribution in [2.24, 2.45) is 0 Å². The van der Waals surface area contributed by atoms with E-state index in [1.807, 2.05) is 24.3 Å². The Hall–Kier alpha value is -7.37. The standard InChI is InChI=1S/C49H31N5/c1-2-10-32(11-3-1)39-28-44(46-43-17-7-6-15-41(43)40-14-4-5-16-42(40)45(46)29-39)35-22-18-33(19-23-35)34-20-24-36(25-21-34)47-52-48(37-12-8-26-50-30-37)54-49(53-47)38-13-9-27-51-31-38/h1-31H. The van der Waals surface area contributed by atoms with Gasteiger partial charge in [-0.2, -0.15) is 0 Å². The predicted molar refractivity (Wildman–Crippen MR) is 221 cm³/mol. The van der Waals surface area contributed by atoms with Crippen LogP contribution in [0, 0.1) is 0 Å². The lowest BCUT2D eigenvalue weighted by Gasteiger charge is -2.17. The molecule has 0 unspecified atom stereocenters. The average Bonchev–Trinajstić information content (AvgIpc) is 3.27. The van der Waals surface area contributed by atoms with Gasteiger partial charge in [0.25, 0.3) is 0 Å². The Kier molecular flexibility index (Phi) is 7.73. The summed E-state index contributed by atoms with van der Waals surface area (Å²) in [5, 5.41) is 7.60. The van der Waals surface area contributed by atoms with Gasteiger partial charge in [-0.3, -0.25) is 9.97 Å². The summed E-state index contributed by atoms with van der Waals surface area (Å²) in [4.78, 5) is 23.0. The second-order valence-electron chi connectivity index (χ2n) is 13.3. The van der Waals surface area contributed by atoms with Crippen molar-refractivity contribution in [3.05, 3.63) is 189 Å². The van der Waals surface area contributed by atoms with Gasteiger partial charge in [0.2, 0.25) is 0 Å². The van der Waals surface area contributed by atoms with Crippen LogP contribution >= 0.6 is 0 Å². The molecule has 0 saturated carbocycles. The molecule has 10 aromatic rings. The first-order valence-electron chi connectivity index (χ1n) is 18.0. The summed E-state index contributed by atoms with van der Waals surface area (Å²) in [5.41, 5.74) is 9.59. The Labute approximate surface area is 312 Å². The van der Waals surface area contributed by atoms with Gasteiger partial charge in [0.15, 0.2) is 17.5 Å². The summed E-state index contributed by atoms with van der Waals surface area (Å²) in [7, 11) is 0. The zero-order chi connectivity index (χ0) is 35.8. The molecule has 7 aromatic carbocycles. The lowest BCUT2D eigenvalue weighted by molar-refractivity contribution is 1.07. The molecule has 0 amide bonds. The Bertz CT molecular complexity index is 2890. The third-order valence-electron chi connectivity index (χ3n) is 10.1. The molecule has 10 rings (SSSR count). The van der Waals surface area contributed by atoms with Crippen molar-refractivity contribution in [1.82, 2.24) is 24.9 Å². The van der Waals surface area contributed by atoms with E-state index in [1.54, 1.807) is 24.8 Å². The lowest BCUT2D eigenvalue weighted by atomic mass is 9.86. The highest BCUT2D eigenvalue weighted by molar-refractivity contribution is 6.29. The first kappa shape index (κ1) is 31.4. The maximum absolute atomic E-state index is 4.86. The normalized spacial score (nSPS) is 11.3. The minimum atomic E-state index is 0.566. The van der Waals surface area contributed by atoms with Gasteiger partial charge in [0.1, 0.15) is 0 Å². The molecule has 5 heteroatoms. The highest BCUT2D eigenvalue weighted by atomic mass is 15.0. The van der Waals surface area contributed by atoms with Gasteiger partial charge >= 0.3 is 0 Å². The fraction of sp³-hybridized carbons (Fsp3) is 0. The Balaban J connectivity index is 1.06. The molecule has 0 aliphatic heterocycles. The Morgan fingerprint density at radius 1 is 0.278 bits per heavy atom. The van der Waals surface area contributed by atoms with Crippen LogP contribution in [0.15, 0.2) is 189 Å². The van der Waals surface area contributed by atoms with Crippen molar-refractivity contribution in [2.45, 2.75) is 0 Å². The molecule has 252 valence electrons. The summed E-state index contributed by atoms with van der Waals surface area (Å²) >= 11 is 0. The number of fused-ring (bicyclic) bond motifs is 6. The van der Waals surface area contributed by atoms with Gasteiger partial charge in [0, 0.05) is 41.5 Å². The van der Waals surface area contributed by atoms with Gasteiger partial charge in [-0.25, -0.2) is 15.0 Å². The fourth-order valence-electron chi connectivity index (χ4n) is 7.47. The molecule has 0 bridgehead atoms. The van der Waals surface area contributed by atoms with E-state index in [0.717, 1.165) is 27.8 Å². The van der Waals surface area contributed by atoms with Gasteiger partial charge in [-0.1, -0.05) is 127 Å². The number of hydrogen-bond acceptors (Lipinski definition) is 5. The van der Waals surface area contributed by atoms with Gasteiger partial charge < -0.3 is 0 Å². The average molecular weight is 690 g/mol. The van der Waals surface area contributed by atoms with Gasteiger partial charge in [-0.05, 0) is 102 Å². The van der Waals surface area contributed by atoms with E-state index in [0.29, 0.717) is 17.5 Å². The van der Waals surface area contributed by atoms with Crippen LogP contribution in [-0.2, 0) is 0 Å². The van der Waals surface area contributed by atoms with Crippen molar-refractivity contribution >= 4 is 32.3 Å². The van der Waals surface area contributed by atoms with E-state index in [1.165, 1.54) is 54.6 Å². The molecule has 0 spiro atoms. The van der Waals surface area contributed by atoms with Crippen molar-refractivity contribution in [2.75, 3.05) is 0 Å². The van der Waals surface area contributed by atoms with Crippen molar-refractivity contribution in [1.29, 1.82) is 0 Å². The third kappa shape index (κ3) is 5.65. The predicted octanol–water partition coefficient (Wildman–Crippen LogP) is 12.1. The number of hydrogen-bond donors (Lipinski definition) is 0. The number of pyridine rings is 2. The molecule has 0 radical (unpaired) electrons. The van der Waals surface area contributed by atoms with E-state index in [-0.39, 0.29) is 0 Å². The minimum Gasteiger partial charge on any atom is -0.264 e. The molecule has 3 aromatic heterocycles. The zero-order valence-corrected chi connectivity index (χ0v) is 29.1. The van der Waals surface area contributed by atoms with E-state index in [9.17, 15) is 0 Å². The summed E-state index contributed by atoms with van der Waals surface area (Å²) in [6.45, 7) is 0. The molecule has 0 atom stereocenters. The van der Waals surface area contributed by atoms with Crippen LogP contribution in [-0.4, -0.2) is 24.9 Å². The first-order chi connectivity index (χ1) is 26.8. The van der Waals surface area contributed by atoms with Crippen LogP contribution in [0.1, 0.15) is 0 Å². The van der Waals surface area contributed by atoms with Crippen LogP contribution in [0.3, 0.4) is 0 Å². The maximum Gasteiger partial charge on any atom is 0.165 e. The molecule has 0 saturated heterocycles. The molecule has 0 aliphatic carbocycles. The van der Waals surface area contributed by atoms with Crippen molar-refractivity contribution in [3.63, 3.8) is 0 Å². The number of nitrogens with zero attached hydrogens (tertiary/aromatic N) is 5. The first-order valence-corrected chi connectivity index (χ1v) is 18.0. The van der Waals surface area contributed by atoms with Gasteiger partial charge in [-0.15, -0.1) is 0 Å². The van der Waals surface area contributed by atoms with Crippen LogP contribution < -0.4 is 0 Å². The largest absolute Gasteiger partial charge is 0.264 e. The van der Waals surface area contributed by atoms with E-state index in [2.05, 4.69) is 149 Å². The molecule has 0 N–H and O–H groups in total. The monoisotopic (exact) mass is 689 g/mol. The number of rotatable bonds is 6.